The fraction of sp³-hybridized carbons (Fsp3) is 0.840. The molecule has 1 aliphatic carbocycles. The molecule has 0 radical (unpaired) electrons. The Morgan fingerprint density at radius 1 is 0.759 bits per heavy atom. The first kappa shape index (κ1) is 25.7. The summed E-state index contributed by atoms with van der Waals surface area (Å²) in [5, 5.41) is 0. The fourth-order valence-electron chi connectivity index (χ4n) is 3.90. The van der Waals surface area contributed by atoms with Crippen LogP contribution in [0.15, 0.2) is 11.6 Å². The summed E-state index contributed by atoms with van der Waals surface area (Å²) in [5.41, 5.74) is 1.16. The van der Waals surface area contributed by atoms with Crippen LogP contribution in [0.2, 0.25) is 0 Å². The minimum Gasteiger partial charge on any atom is -0.465 e. The van der Waals surface area contributed by atoms with Crippen LogP contribution in [-0.4, -0.2) is 25.2 Å². The van der Waals surface area contributed by atoms with E-state index in [9.17, 15) is 9.59 Å². The molecule has 0 aliphatic heterocycles. The number of ether oxygens (including phenoxy) is 2. The van der Waals surface area contributed by atoms with Gasteiger partial charge in [0, 0.05) is 0 Å². The predicted molar refractivity (Wildman–Crippen MR) is 119 cm³/mol. The Bertz CT molecular complexity index is 483. The molecule has 1 aliphatic rings. The molecule has 2 atom stereocenters. The second-order valence-corrected chi connectivity index (χ2v) is 8.57. The summed E-state index contributed by atoms with van der Waals surface area (Å²) in [6, 6.07) is 0. The zero-order valence-electron chi connectivity index (χ0n) is 19.2. The quantitative estimate of drug-likeness (QED) is 0.161. The molecule has 0 bridgehead atoms. The summed E-state index contributed by atoms with van der Waals surface area (Å²) in [4.78, 5) is 25.2. The molecule has 0 N–H and O–H groups in total. The van der Waals surface area contributed by atoms with Crippen LogP contribution in [0.4, 0.5) is 0 Å². The van der Waals surface area contributed by atoms with Gasteiger partial charge in [-0.2, -0.15) is 0 Å². The summed E-state index contributed by atoms with van der Waals surface area (Å²) in [5.74, 6) is -1.25. The van der Waals surface area contributed by atoms with Gasteiger partial charge in [-0.25, -0.2) is 0 Å². The highest BCUT2D eigenvalue weighted by atomic mass is 16.5. The highest BCUT2D eigenvalue weighted by Gasteiger charge is 2.37. The van der Waals surface area contributed by atoms with Crippen molar-refractivity contribution >= 4 is 11.9 Å². The van der Waals surface area contributed by atoms with Crippen molar-refractivity contribution < 1.29 is 19.1 Å². The van der Waals surface area contributed by atoms with Gasteiger partial charge in [-0.3, -0.25) is 9.59 Å². The molecule has 2 unspecified atom stereocenters. The number of esters is 2. The number of hydrogen-bond acceptors (Lipinski definition) is 4. The predicted octanol–water partition coefficient (Wildman–Crippen LogP) is 6.77. The third-order valence-electron chi connectivity index (χ3n) is 5.84. The zero-order valence-corrected chi connectivity index (χ0v) is 19.2. The molecule has 29 heavy (non-hydrogen) atoms. The Morgan fingerprint density at radius 2 is 1.21 bits per heavy atom. The summed E-state index contributed by atoms with van der Waals surface area (Å²) >= 11 is 0. The van der Waals surface area contributed by atoms with Gasteiger partial charge in [0.05, 0.1) is 25.0 Å². The standard InChI is InChI=1S/C25H44O4/c1-4-6-8-10-12-14-18-28-24(26)22-17-16-21(3)20-23(22)25(27)29-19-15-13-11-9-7-5-2/h16,22-23H,4-15,17-20H2,1-3H3. The van der Waals surface area contributed by atoms with Crippen molar-refractivity contribution in [1.29, 1.82) is 0 Å². The van der Waals surface area contributed by atoms with Crippen LogP contribution in [0.3, 0.4) is 0 Å². The Balaban J connectivity index is 2.33. The van der Waals surface area contributed by atoms with Gasteiger partial charge in [-0.15, -0.1) is 0 Å². The molecule has 0 aromatic rings. The summed E-state index contributed by atoms with van der Waals surface area (Å²) in [6.45, 7) is 7.36. The smallest absolute Gasteiger partial charge is 0.310 e. The first-order chi connectivity index (χ1) is 14.1. The van der Waals surface area contributed by atoms with E-state index < -0.39 is 11.8 Å². The SMILES string of the molecule is CCCCCCCCOC(=O)C1CC=C(C)CC1C(=O)OCCCCCCCC. The lowest BCUT2D eigenvalue weighted by atomic mass is 9.80. The topological polar surface area (TPSA) is 52.6 Å². The summed E-state index contributed by atoms with van der Waals surface area (Å²) < 4.78 is 11.0. The van der Waals surface area contributed by atoms with E-state index in [1.165, 1.54) is 51.4 Å². The summed E-state index contributed by atoms with van der Waals surface area (Å²) in [7, 11) is 0. The monoisotopic (exact) mass is 408 g/mol. The van der Waals surface area contributed by atoms with Gasteiger partial charge in [-0.05, 0) is 32.6 Å². The van der Waals surface area contributed by atoms with E-state index in [1.54, 1.807) is 0 Å². The van der Waals surface area contributed by atoms with E-state index in [4.69, 9.17) is 9.47 Å². The van der Waals surface area contributed by atoms with Crippen LogP contribution in [0, 0.1) is 11.8 Å². The molecule has 1 rings (SSSR count). The molecular formula is C25H44O4. The maximum Gasteiger partial charge on any atom is 0.310 e. The Kier molecular flexibility index (Phi) is 14.6. The van der Waals surface area contributed by atoms with E-state index >= 15 is 0 Å². The molecule has 0 fully saturated rings. The van der Waals surface area contributed by atoms with Crippen molar-refractivity contribution in [3.63, 3.8) is 0 Å². The maximum absolute atomic E-state index is 12.6. The van der Waals surface area contributed by atoms with Crippen molar-refractivity contribution in [3.8, 4) is 0 Å². The lowest BCUT2D eigenvalue weighted by molar-refractivity contribution is -0.161. The number of allylic oxidation sites excluding steroid dienone is 2. The van der Waals surface area contributed by atoms with Crippen molar-refractivity contribution in [1.82, 2.24) is 0 Å². The lowest BCUT2D eigenvalue weighted by Crippen LogP contribution is -2.34. The van der Waals surface area contributed by atoms with E-state index in [0.29, 0.717) is 26.1 Å². The van der Waals surface area contributed by atoms with Gasteiger partial charge >= 0.3 is 11.9 Å². The Hall–Kier alpha value is -1.32. The lowest BCUT2D eigenvalue weighted by Gasteiger charge is -2.27. The van der Waals surface area contributed by atoms with Crippen molar-refractivity contribution in [2.24, 2.45) is 11.8 Å². The summed E-state index contributed by atoms with van der Waals surface area (Å²) in [6.07, 6.45) is 17.2. The average molecular weight is 409 g/mol. The molecule has 168 valence electrons. The molecule has 0 spiro atoms. The highest BCUT2D eigenvalue weighted by molar-refractivity contribution is 5.83. The molecule has 0 aromatic carbocycles. The van der Waals surface area contributed by atoms with Crippen LogP contribution >= 0.6 is 0 Å². The van der Waals surface area contributed by atoms with Crippen LogP contribution in [-0.2, 0) is 19.1 Å². The fourth-order valence-corrected chi connectivity index (χ4v) is 3.90. The van der Waals surface area contributed by atoms with Gasteiger partial charge in [0.1, 0.15) is 0 Å². The molecule has 4 nitrogen and oxygen atoms in total. The molecule has 0 aromatic heterocycles. The molecule has 0 saturated heterocycles. The van der Waals surface area contributed by atoms with E-state index in [0.717, 1.165) is 31.3 Å². The van der Waals surface area contributed by atoms with Gasteiger partial charge in [0.15, 0.2) is 0 Å². The van der Waals surface area contributed by atoms with E-state index in [-0.39, 0.29) is 11.9 Å². The first-order valence-electron chi connectivity index (χ1n) is 12.1. The molecule has 4 heteroatoms. The van der Waals surface area contributed by atoms with Gasteiger partial charge < -0.3 is 9.47 Å². The molecule has 0 saturated carbocycles. The Morgan fingerprint density at radius 3 is 1.72 bits per heavy atom. The van der Waals surface area contributed by atoms with E-state index in [2.05, 4.69) is 19.9 Å². The van der Waals surface area contributed by atoms with Crippen LogP contribution < -0.4 is 0 Å². The number of carbonyl (C=O) groups excluding carboxylic acids is 2. The van der Waals surface area contributed by atoms with Crippen molar-refractivity contribution in [2.45, 2.75) is 111 Å². The van der Waals surface area contributed by atoms with Gasteiger partial charge in [0.2, 0.25) is 0 Å². The minimum absolute atomic E-state index is 0.229. The minimum atomic E-state index is -0.393. The number of hydrogen-bond donors (Lipinski definition) is 0. The van der Waals surface area contributed by atoms with Crippen molar-refractivity contribution in [3.05, 3.63) is 11.6 Å². The third kappa shape index (κ3) is 11.4. The molecular weight excluding hydrogens is 364 g/mol. The number of unbranched alkanes of at least 4 members (excludes halogenated alkanes) is 10. The largest absolute Gasteiger partial charge is 0.465 e. The van der Waals surface area contributed by atoms with E-state index in [1.807, 2.05) is 6.92 Å². The number of carbonyl (C=O) groups is 2. The van der Waals surface area contributed by atoms with Crippen LogP contribution in [0.25, 0.3) is 0 Å². The maximum atomic E-state index is 12.6. The molecule has 0 heterocycles. The van der Waals surface area contributed by atoms with Gasteiger partial charge in [-0.1, -0.05) is 89.7 Å². The third-order valence-corrected chi connectivity index (χ3v) is 5.84. The normalized spacial score (nSPS) is 18.9. The number of rotatable bonds is 16. The Labute approximate surface area is 178 Å². The van der Waals surface area contributed by atoms with Crippen LogP contribution in [0.1, 0.15) is 111 Å². The average Bonchev–Trinajstić information content (AvgIpc) is 2.72. The van der Waals surface area contributed by atoms with Crippen LogP contribution in [0.5, 0.6) is 0 Å². The molecule has 0 amide bonds. The second-order valence-electron chi connectivity index (χ2n) is 8.57. The highest BCUT2D eigenvalue weighted by Crippen LogP contribution is 2.32. The van der Waals surface area contributed by atoms with Gasteiger partial charge in [0.25, 0.3) is 0 Å². The second kappa shape index (κ2) is 16.5. The first-order valence-corrected chi connectivity index (χ1v) is 12.1. The zero-order chi connectivity index (χ0) is 21.3. The van der Waals surface area contributed by atoms with Crippen molar-refractivity contribution in [2.75, 3.05) is 13.2 Å².